The van der Waals surface area contributed by atoms with Crippen LogP contribution in [-0.2, 0) is 13.6 Å². The van der Waals surface area contributed by atoms with Crippen molar-refractivity contribution in [3.05, 3.63) is 35.5 Å². The van der Waals surface area contributed by atoms with E-state index in [1.54, 1.807) is 18.9 Å². The zero-order valence-electron chi connectivity index (χ0n) is 15.1. The third-order valence-corrected chi connectivity index (χ3v) is 3.81. The van der Waals surface area contributed by atoms with Crippen molar-refractivity contribution in [3.63, 3.8) is 0 Å². The molecule has 0 aliphatic heterocycles. The van der Waals surface area contributed by atoms with Gasteiger partial charge in [-0.1, -0.05) is 17.3 Å². The molecule has 26 heavy (non-hydrogen) atoms. The number of hydrogen-bond acceptors (Lipinski definition) is 7. The molecule has 0 bridgehead atoms. The van der Waals surface area contributed by atoms with Crippen LogP contribution < -0.4 is 5.32 Å². The van der Waals surface area contributed by atoms with Gasteiger partial charge < -0.3 is 14.7 Å². The fourth-order valence-corrected chi connectivity index (χ4v) is 2.38. The van der Waals surface area contributed by atoms with Crippen molar-refractivity contribution >= 4 is 11.7 Å². The third-order valence-electron chi connectivity index (χ3n) is 3.81. The maximum atomic E-state index is 12.6. The number of rotatable bonds is 5. The first-order chi connectivity index (χ1) is 12.5. The summed E-state index contributed by atoms with van der Waals surface area (Å²) in [5.74, 6) is 1.43. The number of anilines is 1. The fraction of sp³-hybridized carbons (Fsp3) is 0.375. The highest BCUT2D eigenvalue weighted by molar-refractivity contribution is 5.90. The zero-order valence-corrected chi connectivity index (χ0v) is 15.1. The maximum absolute atomic E-state index is 12.6. The van der Waals surface area contributed by atoms with Crippen LogP contribution in [0.25, 0.3) is 11.4 Å². The van der Waals surface area contributed by atoms with Gasteiger partial charge >= 0.3 is 6.03 Å². The molecule has 136 valence electrons. The Hall–Kier alpha value is -3.30. The summed E-state index contributed by atoms with van der Waals surface area (Å²) in [5.41, 5.74) is 2.38. The number of carbonyl (C=O) groups excluding carboxylic acids is 1. The number of aryl methyl sites for hydroxylation is 3. The molecule has 1 aromatic carbocycles. The highest BCUT2D eigenvalue weighted by atomic mass is 16.5. The monoisotopic (exact) mass is 356 g/mol. The largest absolute Gasteiger partial charge is 0.337 e. The molecule has 0 saturated heterocycles. The van der Waals surface area contributed by atoms with Crippen LogP contribution in [0.2, 0.25) is 0 Å². The molecule has 0 unspecified atom stereocenters. The Morgan fingerprint density at radius 3 is 2.77 bits per heavy atom. The SMILES string of the molecule is CCN(Cc1nc(C)no1)C(=O)Nc1cc(-c2nnn(C)n2)ccc1C. The molecule has 0 spiro atoms. The first-order valence-electron chi connectivity index (χ1n) is 8.16. The summed E-state index contributed by atoms with van der Waals surface area (Å²) in [6, 6.07) is 5.37. The van der Waals surface area contributed by atoms with Crippen molar-refractivity contribution in [1.29, 1.82) is 0 Å². The van der Waals surface area contributed by atoms with Gasteiger partial charge in [0.05, 0.1) is 7.05 Å². The minimum atomic E-state index is -0.254. The molecule has 1 N–H and O–H groups in total. The van der Waals surface area contributed by atoms with Gasteiger partial charge in [0.2, 0.25) is 11.7 Å². The molecule has 0 fully saturated rings. The van der Waals surface area contributed by atoms with Gasteiger partial charge in [-0.3, -0.25) is 0 Å². The number of urea groups is 1. The van der Waals surface area contributed by atoms with E-state index in [2.05, 4.69) is 30.9 Å². The molecular formula is C16H20N8O2. The van der Waals surface area contributed by atoms with Gasteiger partial charge in [0.25, 0.3) is 0 Å². The van der Waals surface area contributed by atoms with Gasteiger partial charge in [0, 0.05) is 17.8 Å². The van der Waals surface area contributed by atoms with Crippen LogP contribution >= 0.6 is 0 Å². The number of nitrogens with one attached hydrogen (secondary N) is 1. The first kappa shape index (κ1) is 17.5. The molecule has 0 saturated carbocycles. The van der Waals surface area contributed by atoms with E-state index in [0.717, 1.165) is 11.1 Å². The summed E-state index contributed by atoms with van der Waals surface area (Å²) in [6.07, 6.45) is 0. The molecule has 0 aliphatic carbocycles. The van der Waals surface area contributed by atoms with Crippen LogP contribution in [0.5, 0.6) is 0 Å². The van der Waals surface area contributed by atoms with Gasteiger partial charge in [0.1, 0.15) is 6.54 Å². The first-order valence-corrected chi connectivity index (χ1v) is 8.16. The molecule has 3 aromatic rings. The second kappa shape index (κ2) is 7.30. The van der Waals surface area contributed by atoms with Crippen LogP contribution in [0.1, 0.15) is 24.2 Å². The Bertz CT molecular complexity index is 917. The van der Waals surface area contributed by atoms with E-state index < -0.39 is 0 Å². The Labute approximate surface area is 150 Å². The van der Waals surface area contributed by atoms with E-state index in [4.69, 9.17) is 4.52 Å². The number of aromatic nitrogens is 6. The van der Waals surface area contributed by atoms with E-state index in [-0.39, 0.29) is 12.6 Å². The maximum Gasteiger partial charge on any atom is 0.322 e. The highest BCUT2D eigenvalue weighted by Gasteiger charge is 2.17. The van der Waals surface area contributed by atoms with E-state index in [9.17, 15) is 4.79 Å². The van der Waals surface area contributed by atoms with Crippen LogP contribution in [-0.4, -0.2) is 47.8 Å². The van der Waals surface area contributed by atoms with E-state index in [1.807, 2.05) is 32.0 Å². The van der Waals surface area contributed by atoms with E-state index >= 15 is 0 Å². The number of nitrogens with zero attached hydrogens (tertiary/aromatic N) is 7. The Morgan fingerprint density at radius 1 is 1.35 bits per heavy atom. The minimum absolute atomic E-state index is 0.244. The molecule has 2 aromatic heterocycles. The quantitative estimate of drug-likeness (QED) is 0.742. The third kappa shape index (κ3) is 3.85. The van der Waals surface area contributed by atoms with Gasteiger partial charge in [-0.15, -0.1) is 10.2 Å². The lowest BCUT2D eigenvalue weighted by Crippen LogP contribution is -2.34. The molecule has 2 amide bonds. The Balaban J connectivity index is 1.77. The number of tetrazole rings is 1. The second-order valence-corrected chi connectivity index (χ2v) is 5.81. The fourth-order valence-electron chi connectivity index (χ4n) is 2.38. The van der Waals surface area contributed by atoms with Gasteiger partial charge in [-0.25, -0.2) is 4.79 Å². The summed E-state index contributed by atoms with van der Waals surface area (Å²) in [5, 5.41) is 18.7. The predicted molar refractivity (Wildman–Crippen MR) is 93.1 cm³/mol. The second-order valence-electron chi connectivity index (χ2n) is 5.81. The average molecular weight is 356 g/mol. The van der Waals surface area contributed by atoms with Gasteiger partial charge in [-0.05, 0) is 37.6 Å². The van der Waals surface area contributed by atoms with Crippen LogP contribution in [0.3, 0.4) is 0 Å². The summed E-state index contributed by atoms with van der Waals surface area (Å²) in [6.45, 7) is 6.28. The average Bonchev–Trinajstić information content (AvgIpc) is 3.22. The molecule has 0 radical (unpaired) electrons. The van der Waals surface area contributed by atoms with E-state index in [0.29, 0.717) is 29.8 Å². The highest BCUT2D eigenvalue weighted by Crippen LogP contribution is 2.23. The predicted octanol–water partition coefficient (Wildman–Crippen LogP) is 1.93. The molecule has 0 atom stereocenters. The van der Waals surface area contributed by atoms with E-state index in [1.165, 1.54) is 4.80 Å². The Kier molecular flexibility index (Phi) is 4.92. The van der Waals surface area contributed by atoms with Crippen molar-refractivity contribution in [1.82, 2.24) is 35.2 Å². The number of benzene rings is 1. The Morgan fingerprint density at radius 2 is 2.15 bits per heavy atom. The summed E-state index contributed by atoms with van der Waals surface area (Å²) in [4.78, 5) is 19.7. The van der Waals surface area contributed by atoms with Crippen molar-refractivity contribution in [3.8, 4) is 11.4 Å². The molecule has 10 nitrogen and oxygen atoms in total. The van der Waals surface area contributed by atoms with Crippen molar-refractivity contribution in [2.24, 2.45) is 7.05 Å². The normalized spacial score (nSPS) is 10.8. The van der Waals surface area contributed by atoms with Crippen molar-refractivity contribution in [2.75, 3.05) is 11.9 Å². The lowest BCUT2D eigenvalue weighted by molar-refractivity contribution is 0.203. The molecular weight excluding hydrogens is 336 g/mol. The van der Waals surface area contributed by atoms with Crippen LogP contribution in [0.4, 0.5) is 10.5 Å². The molecule has 2 heterocycles. The topological polar surface area (TPSA) is 115 Å². The van der Waals surface area contributed by atoms with Gasteiger partial charge in [-0.2, -0.15) is 9.78 Å². The van der Waals surface area contributed by atoms with Crippen molar-refractivity contribution < 1.29 is 9.32 Å². The minimum Gasteiger partial charge on any atom is -0.337 e. The lowest BCUT2D eigenvalue weighted by atomic mass is 10.1. The summed E-state index contributed by atoms with van der Waals surface area (Å²) in [7, 11) is 1.70. The zero-order chi connectivity index (χ0) is 18.7. The summed E-state index contributed by atoms with van der Waals surface area (Å²) < 4.78 is 5.09. The summed E-state index contributed by atoms with van der Waals surface area (Å²) >= 11 is 0. The van der Waals surface area contributed by atoms with Crippen LogP contribution in [0, 0.1) is 13.8 Å². The molecule has 0 aliphatic rings. The smallest absolute Gasteiger partial charge is 0.322 e. The molecule has 10 heteroatoms. The van der Waals surface area contributed by atoms with Gasteiger partial charge in [0.15, 0.2) is 5.82 Å². The number of amides is 2. The number of hydrogen-bond donors (Lipinski definition) is 1. The molecule has 3 rings (SSSR count). The van der Waals surface area contributed by atoms with Crippen LogP contribution in [0.15, 0.2) is 22.7 Å². The number of carbonyl (C=O) groups is 1. The lowest BCUT2D eigenvalue weighted by Gasteiger charge is -2.20. The van der Waals surface area contributed by atoms with Crippen molar-refractivity contribution in [2.45, 2.75) is 27.3 Å². The standard InChI is InChI=1S/C16H20N8O2/c1-5-24(9-14-17-11(3)21-26-14)16(25)18-13-8-12(7-6-10(13)2)15-19-22-23(4)20-15/h6-8H,5,9H2,1-4H3,(H,18,25).